The van der Waals surface area contributed by atoms with E-state index in [1.807, 2.05) is 31.2 Å². The van der Waals surface area contributed by atoms with Crippen molar-refractivity contribution in [1.29, 1.82) is 0 Å². The maximum absolute atomic E-state index is 13.6. The highest BCUT2D eigenvalue weighted by molar-refractivity contribution is 6.31. The quantitative estimate of drug-likeness (QED) is 0.324. The zero-order valence-corrected chi connectivity index (χ0v) is 14.6. The molecule has 0 unspecified atom stereocenters. The lowest BCUT2D eigenvalue weighted by Gasteiger charge is -2.08. The van der Waals surface area contributed by atoms with Crippen molar-refractivity contribution in [3.63, 3.8) is 0 Å². The summed E-state index contributed by atoms with van der Waals surface area (Å²) in [6.07, 6.45) is 1.77. The third kappa shape index (κ3) is 2.28. The summed E-state index contributed by atoms with van der Waals surface area (Å²) in [5.41, 5.74) is 4.06. The van der Waals surface area contributed by atoms with Crippen LogP contribution in [0.25, 0.3) is 44.0 Å². The molecule has 5 aromatic rings. The van der Waals surface area contributed by atoms with Gasteiger partial charge in [0.15, 0.2) is 0 Å². The van der Waals surface area contributed by atoms with Crippen molar-refractivity contribution in [1.82, 2.24) is 4.98 Å². The highest BCUT2D eigenvalue weighted by Gasteiger charge is 2.16. The normalized spacial score (nSPS) is 11.7. The van der Waals surface area contributed by atoms with Crippen LogP contribution in [0.5, 0.6) is 0 Å². The van der Waals surface area contributed by atoms with Gasteiger partial charge in [-0.2, -0.15) is 0 Å². The fourth-order valence-corrected chi connectivity index (χ4v) is 3.72. The molecular formula is C22H13ClFNO. The van der Waals surface area contributed by atoms with Gasteiger partial charge in [0, 0.05) is 39.0 Å². The van der Waals surface area contributed by atoms with Gasteiger partial charge < -0.3 is 4.42 Å². The average Bonchev–Trinajstić information content (AvgIpc) is 2.97. The van der Waals surface area contributed by atoms with Crippen LogP contribution in [-0.2, 0) is 0 Å². The molecule has 4 heteroatoms. The largest absolute Gasteiger partial charge is 0.455 e. The molecule has 0 fully saturated rings. The van der Waals surface area contributed by atoms with Crippen molar-refractivity contribution in [2.75, 3.05) is 0 Å². The Morgan fingerprint density at radius 1 is 0.923 bits per heavy atom. The summed E-state index contributed by atoms with van der Waals surface area (Å²) in [6, 6.07) is 16.4. The Morgan fingerprint density at radius 3 is 2.65 bits per heavy atom. The van der Waals surface area contributed by atoms with E-state index in [4.69, 9.17) is 16.0 Å². The zero-order valence-electron chi connectivity index (χ0n) is 13.9. The van der Waals surface area contributed by atoms with Crippen LogP contribution in [0.3, 0.4) is 0 Å². The Hall–Kier alpha value is -2.91. The van der Waals surface area contributed by atoms with Gasteiger partial charge in [0.25, 0.3) is 0 Å². The molecule has 26 heavy (non-hydrogen) atoms. The molecule has 0 radical (unpaired) electrons. The number of halogens is 2. The molecule has 0 bridgehead atoms. The van der Waals surface area contributed by atoms with Crippen LogP contribution < -0.4 is 0 Å². The first kappa shape index (κ1) is 15.4. The van der Waals surface area contributed by atoms with Gasteiger partial charge in [-0.15, -0.1) is 0 Å². The summed E-state index contributed by atoms with van der Waals surface area (Å²) in [6.45, 7) is 2.04. The number of pyridine rings is 1. The molecule has 0 aliphatic carbocycles. The van der Waals surface area contributed by atoms with E-state index < -0.39 is 0 Å². The fourth-order valence-electron chi connectivity index (χ4n) is 3.54. The third-order valence-corrected chi connectivity index (χ3v) is 4.90. The van der Waals surface area contributed by atoms with Crippen molar-refractivity contribution in [2.45, 2.75) is 6.92 Å². The molecule has 0 N–H and O–H groups in total. The minimum atomic E-state index is -0.312. The molecule has 3 aromatic carbocycles. The molecule has 0 spiro atoms. The number of hydrogen-bond donors (Lipinski definition) is 0. The van der Waals surface area contributed by atoms with Crippen LogP contribution in [0, 0.1) is 12.7 Å². The number of benzene rings is 3. The van der Waals surface area contributed by atoms with E-state index in [2.05, 4.69) is 17.1 Å². The smallest absolute Gasteiger partial charge is 0.144 e. The highest BCUT2D eigenvalue weighted by atomic mass is 35.5. The second-order valence-electron chi connectivity index (χ2n) is 6.46. The van der Waals surface area contributed by atoms with Crippen LogP contribution in [0.15, 0.2) is 65.2 Å². The first-order chi connectivity index (χ1) is 12.6. The lowest BCUT2D eigenvalue weighted by Crippen LogP contribution is -1.88. The van der Waals surface area contributed by atoms with Crippen molar-refractivity contribution < 1.29 is 8.81 Å². The number of aromatic nitrogens is 1. The van der Waals surface area contributed by atoms with Crippen molar-refractivity contribution in [2.24, 2.45) is 0 Å². The molecule has 2 heterocycles. The van der Waals surface area contributed by atoms with Gasteiger partial charge in [-0.25, -0.2) is 4.39 Å². The van der Waals surface area contributed by atoms with E-state index in [1.165, 1.54) is 12.1 Å². The SMILES string of the molecule is Cc1cc(-c2nccc3cc(Cl)ccc23)c2oc3cc(F)ccc3c2c1. The maximum Gasteiger partial charge on any atom is 0.144 e. The van der Waals surface area contributed by atoms with E-state index in [1.54, 1.807) is 12.3 Å². The van der Waals surface area contributed by atoms with Crippen molar-refractivity contribution >= 4 is 44.3 Å². The average molecular weight is 362 g/mol. The molecule has 5 rings (SSSR count). The monoisotopic (exact) mass is 361 g/mol. The fraction of sp³-hybridized carbons (Fsp3) is 0.0455. The standard InChI is InChI=1S/C22H13ClFNO/c1-12-8-18-17-5-3-15(24)11-20(17)26-22(18)19(9-12)21-16-4-2-14(23)10-13(16)6-7-25-21/h2-11H,1H3. The number of hydrogen-bond acceptors (Lipinski definition) is 2. The van der Waals surface area contributed by atoms with Crippen LogP contribution in [0.2, 0.25) is 5.02 Å². The summed E-state index contributed by atoms with van der Waals surface area (Å²) < 4.78 is 19.7. The molecule has 0 aliphatic heterocycles. The Labute approximate surface area is 153 Å². The second-order valence-corrected chi connectivity index (χ2v) is 6.89. The van der Waals surface area contributed by atoms with Gasteiger partial charge in [0.05, 0.1) is 5.69 Å². The number of aryl methyl sites for hydroxylation is 1. The van der Waals surface area contributed by atoms with Crippen molar-refractivity contribution in [3.05, 3.63) is 77.2 Å². The van der Waals surface area contributed by atoms with Gasteiger partial charge in [-0.05, 0) is 60.3 Å². The van der Waals surface area contributed by atoms with Gasteiger partial charge in [0.1, 0.15) is 17.0 Å². The Bertz CT molecular complexity index is 1320. The van der Waals surface area contributed by atoms with Gasteiger partial charge in [-0.1, -0.05) is 17.7 Å². The predicted molar refractivity (Wildman–Crippen MR) is 104 cm³/mol. The Kier molecular flexibility index (Phi) is 3.28. The van der Waals surface area contributed by atoms with E-state index >= 15 is 0 Å². The van der Waals surface area contributed by atoms with Gasteiger partial charge >= 0.3 is 0 Å². The number of furan rings is 1. The lowest BCUT2D eigenvalue weighted by molar-refractivity contribution is 0.618. The third-order valence-electron chi connectivity index (χ3n) is 4.66. The van der Waals surface area contributed by atoms with Crippen LogP contribution >= 0.6 is 11.6 Å². The van der Waals surface area contributed by atoms with Crippen LogP contribution in [0.1, 0.15) is 5.56 Å². The molecule has 0 amide bonds. The molecule has 2 nitrogen and oxygen atoms in total. The first-order valence-corrected chi connectivity index (χ1v) is 8.65. The first-order valence-electron chi connectivity index (χ1n) is 8.27. The molecule has 0 saturated carbocycles. The summed E-state index contributed by atoms with van der Waals surface area (Å²) in [7, 11) is 0. The summed E-state index contributed by atoms with van der Waals surface area (Å²) >= 11 is 6.13. The Morgan fingerprint density at radius 2 is 1.77 bits per heavy atom. The predicted octanol–water partition coefficient (Wildman–Crippen LogP) is 6.90. The minimum absolute atomic E-state index is 0.312. The minimum Gasteiger partial charge on any atom is -0.455 e. The highest BCUT2D eigenvalue weighted by Crippen LogP contribution is 2.38. The number of rotatable bonds is 1. The summed E-state index contributed by atoms with van der Waals surface area (Å²) in [4.78, 5) is 4.61. The van der Waals surface area contributed by atoms with Crippen LogP contribution in [-0.4, -0.2) is 4.98 Å². The van der Waals surface area contributed by atoms with E-state index in [-0.39, 0.29) is 5.82 Å². The summed E-state index contributed by atoms with van der Waals surface area (Å²) in [5.74, 6) is -0.312. The second kappa shape index (κ2) is 5.55. The molecule has 0 atom stereocenters. The van der Waals surface area contributed by atoms with E-state index in [0.29, 0.717) is 16.2 Å². The molecule has 2 aromatic heterocycles. The van der Waals surface area contributed by atoms with Crippen LogP contribution in [0.4, 0.5) is 4.39 Å². The van der Waals surface area contributed by atoms with Crippen molar-refractivity contribution in [3.8, 4) is 11.3 Å². The summed E-state index contributed by atoms with van der Waals surface area (Å²) in [5, 5.41) is 4.55. The van der Waals surface area contributed by atoms with Gasteiger partial charge in [0.2, 0.25) is 0 Å². The molecule has 126 valence electrons. The zero-order chi connectivity index (χ0) is 17.8. The molecule has 0 saturated heterocycles. The van der Waals surface area contributed by atoms with Gasteiger partial charge in [-0.3, -0.25) is 4.98 Å². The van der Waals surface area contributed by atoms with E-state index in [9.17, 15) is 4.39 Å². The van der Waals surface area contributed by atoms with E-state index in [0.717, 1.165) is 38.4 Å². The number of fused-ring (bicyclic) bond motifs is 4. The Balaban J connectivity index is 1.92. The number of nitrogens with zero attached hydrogens (tertiary/aromatic N) is 1. The molecular weight excluding hydrogens is 349 g/mol. The lowest BCUT2D eigenvalue weighted by atomic mass is 9.99. The maximum atomic E-state index is 13.6. The molecule has 0 aliphatic rings. The topological polar surface area (TPSA) is 26.0 Å².